The minimum atomic E-state index is -0.177. The van der Waals surface area contributed by atoms with Crippen molar-refractivity contribution in [1.29, 1.82) is 0 Å². The molecule has 0 atom stereocenters. The number of H-pyrrole nitrogens is 1. The zero-order valence-corrected chi connectivity index (χ0v) is 10.6. The van der Waals surface area contributed by atoms with Crippen LogP contribution in [-0.2, 0) is 7.05 Å². The molecule has 19 heavy (non-hydrogen) atoms. The van der Waals surface area contributed by atoms with Crippen LogP contribution in [0.1, 0.15) is 16.2 Å². The van der Waals surface area contributed by atoms with Crippen LogP contribution in [-0.4, -0.2) is 25.7 Å². The first-order chi connectivity index (χ1) is 9.11. The number of benzene rings is 1. The standard InChI is InChI=1S/C13H13N5O/c1-8-15-11-4-3-10(5-12(11)16-8)17-13(19)9-6-14-18(2)7-9/h3-7H,1-2H3,(H,15,16)(H,17,19). The summed E-state index contributed by atoms with van der Waals surface area (Å²) >= 11 is 0. The fourth-order valence-electron chi connectivity index (χ4n) is 1.96. The topological polar surface area (TPSA) is 75.6 Å². The summed E-state index contributed by atoms with van der Waals surface area (Å²) in [5.74, 6) is 0.675. The highest BCUT2D eigenvalue weighted by Crippen LogP contribution is 2.17. The van der Waals surface area contributed by atoms with Crippen LogP contribution in [0.2, 0.25) is 0 Å². The second-order valence-corrected chi connectivity index (χ2v) is 4.41. The molecule has 96 valence electrons. The summed E-state index contributed by atoms with van der Waals surface area (Å²) < 4.78 is 1.59. The van der Waals surface area contributed by atoms with Gasteiger partial charge in [-0.3, -0.25) is 9.48 Å². The number of nitrogens with zero attached hydrogens (tertiary/aromatic N) is 3. The molecule has 0 saturated carbocycles. The molecule has 1 amide bonds. The van der Waals surface area contributed by atoms with Crippen molar-refractivity contribution in [1.82, 2.24) is 19.7 Å². The van der Waals surface area contributed by atoms with E-state index in [0.29, 0.717) is 5.56 Å². The number of aromatic amines is 1. The highest BCUT2D eigenvalue weighted by molar-refractivity contribution is 6.04. The molecule has 3 aromatic rings. The van der Waals surface area contributed by atoms with Crippen LogP contribution < -0.4 is 5.32 Å². The third-order valence-electron chi connectivity index (χ3n) is 2.83. The van der Waals surface area contributed by atoms with Gasteiger partial charge in [0.05, 0.1) is 22.8 Å². The van der Waals surface area contributed by atoms with E-state index < -0.39 is 0 Å². The molecule has 6 heteroatoms. The molecule has 2 heterocycles. The largest absolute Gasteiger partial charge is 0.342 e. The van der Waals surface area contributed by atoms with Crippen molar-refractivity contribution in [2.24, 2.45) is 7.05 Å². The van der Waals surface area contributed by atoms with Crippen LogP contribution in [0.5, 0.6) is 0 Å². The number of carbonyl (C=O) groups excluding carboxylic acids is 1. The van der Waals surface area contributed by atoms with Gasteiger partial charge in [0.25, 0.3) is 5.91 Å². The van der Waals surface area contributed by atoms with Crippen molar-refractivity contribution in [3.8, 4) is 0 Å². The van der Waals surface area contributed by atoms with Crippen molar-refractivity contribution < 1.29 is 4.79 Å². The van der Waals surface area contributed by atoms with Crippen molar-refractivity contribution in [3.63, 3.8) is 0 Å². The van der Waals surface area contributed by atoms with Gasteiger partial charge in [-0.1, -0.05) is 0 Å². The number of hydrogen-bond donors (Lipinski definition) is 2. The summed E-state index contributed by atoms with van der Waals surface area (Å²) in [5, 5.41) is 6.81. The number of aromatic nitrogens is 4. The van der Waals surface area contributed by atoms with Crippen molar-refractivity contribution >= 4 is 22.6 Å². The first kappa shape index (κ1) is 11.5. The third-order valence-corrected chi connectivity index (χ3v) is 2.83. The number of carbonyl (C=O) groups is 1. The van der Waals surface area contributed by atoms with Gasteiger partial charge in [-0.05, 0) is 25.1 Å². The summed E-state index contributed by atoms with van der Waals surface area (Å²) in [4.78, 5) is 19.4. The highest BCUT2D eigenvalue weighted by atomic mass is 16.1. The van der Waals surface area contributed by atoms with Crippen LogP contribution in [0.15, 0.2) is 30.6 Å². The first-order valence-electron chi connectivity index (χ1n) is 5.88. The Morgan fingerprint density at radius 2 is 2.26 bits per heavy atom. The number of nitrogens with one attached hydrogen (secondary N) is 2. The number of fused-ring (bicyclic) bond motifs is 1. The molecule has 0 saturated heterocycles. The van der Waals surface area contributed by atoms with Crippen molar-refractivity contribution in [3.05, 3.63) is 42.0 Å². The Morgan fingerprint density at radius 1 is 1.42 bits per heavy atom. The Labute approximate surface area is 109 Å². The Kier molecular flexibility index (Phi) is 2.56. The molecule has 0 unspecified atom stereocenters. The zero-order chi connectivity index (χ0) is 13.4. The smallest absolute Gasteiger partial charge is 0.258 e. The number of hydrogen-bond acceptors (Lipinski definition) is 3. The number of anilines is 1. The second kappa shape index (κ2) is 4.24. The van der Waals surface area contributed by atoms with Gasteiger partial charge in [-0.2, -0.15) is 5.10 Å². The van der Waals surface area contributed by atoms with Crippen LogP contribution in [0.3, 0.4) is 0 Å². The van der Waals surface area contributed by atoms with E-state index in [-0.39, 0.29) is 5.91 Å². The molecule has 0 spiro atoms. The fourth-order valence-corrected chi connectivity index (χ4v) is 1.96. The zero-order valence-electron chi connectivity index (χ0n) is 10.6. The maximum Gasteiger partial charge on any atom is 0.258 e. The Balaban J connectivity index is 1.86. The van der Waals surface area contributed by atoms with Gasteiger partial charge >= 0.3 is 0 Å². The SMILES string of the molecule is Cc1nc2ccc(NC(=O)c3cnn(C)c3)cc2[nH]1. The van der Waals surface area contributed by atoms with E-state index in [0.717, 1.165) is 22.5 Å². The molecule has 6 nitrogen and oxygen atoms in total. The molecule has 0 bridgehead atoms. The lowest BCUT2D eigenvalue weighted by atomic mass is 10.2. The Bertz CT molecular complexity index is 755. The lowest BCUT2D eigenvalue weighted by molar-refractivity contribution is 0.102. The highest BCUT2D eigenvalue weighted by Gasteiger charge is 2.09. The molecule has 0 aliphatic heterocycles. The van der Waals surface area contributed by atoms with Gasteiger partial charge in [0.2, 0.25) is 0 Å². The number of imidazole rings is 1. The Morgan fingerprint density at radius 3 is 3.00 bits per heavy atom. The first-order valence-corrected chi connectivity index (χ1v) is 5.88. The van der Waals surface area contributed by atoms with Crippen LogP contribution >= 0.6 is 0 Å². The number of aryl methyl sites for hydroxylation is 2. The van der Waals surface area contributed by atoms with Gasteiger partial charge in [0.1, 0.15) is 5.82 Å². The lowest BCUT2D eigenvalue weighted by Gasteiger charge is -2.02. The van der Waals surface area contributed by atoms with Gasteiger partial charge in [-0.15, -0.1) is 0 Å². The summed E-state index contributed by atoms with van der Waals surface area (Å²) in [6.45, 7) is 1.90. The average molecular weight is 255 g/mol. The third kappa shape index (κ3) is 2.20. The summed E-state index contributed by atoms with van der Waals surface area (Å²) in [6, 6.07) is 5.57. The van der Waals surface area contributed by atoms with Crippen molar-refractivity contribution in [2.75, 3.05) is 5.32 Å². The molecule has 0 fully saturated rings. The van der Waals surface area contributed by atoms with E-state index in [1.54, 1.807) is 17.9 Å². The summed E-state index contributed by atoms with van der Waals surface area (Å²) in [7, 11) is 1.77. The molecule has 0 aliphatic carbocycles. The quantitative estimate of drug-likeness (QED) is 0.733. The maximum absolute atomic E-state index is 12.0. The summed E-state index contributed by atoms with van der Waals surface area (Å²) in [6.07, 6.45) is 3.21. The molecular weight excluding hydrogens is 242 g/mol. The molecule has 3 rings (SSSR count). The van der Waals surface area contributed by atoms with E-state index in [1.165, 1.54) is 6.20 Å². The lowest BCUT2D eigenvalue weighted by Crippen LogP contribution is -2.10. The molecule has 0 aliphatic rings. The molecule has 0 radical (unpaired) electrons. The van der Waals surface area contributed by atoms with Crippen molar-refractivity contribution in [2.45, 2.75) is 6.92 Å². The van der Waals surface area contributed by atoms with Gasteiger partial charge < -0.3 is 10.3 Å². The molecular formula is C13H13N5O. The van der Waals surface area contributed by atoms with Gasteiger partial charge in [0.15, 0.2) is 0 Å². The summed E-state index contributed by atoms with van der Waals surface area (Å²) in [5.41, 5.74) is 3.05. The fraction of sp³-hybridized carbons (Fsp3) is 0.154. The minimum Gasteiger partial charge on any atom is -0.342 e. The van der Waals surface area contributed by atoms with E-state index in [1.807, 2.05) is 25.1 Å². The van der Waals surface area contributed by atoms with E-state index in [2.05, 4.69) is 20.4 Å². The number of amides is 1. The predicted octanol–water partition coefficient (Wildman–Crippen LogP) is 1.86. The molecule has 2 N–H and O–H groups in total. The average Bonchev–Trinajstić information content (AvgIpc) is 2.93. The van der Waals surface area contributed by atoms with E-state index in [9.17, 15) is 4.79 Å². The van der Waals surface area contributed by atoms with Crippen LogP contribution in [0, 0.1) is 6.92 Å². The predicted molar refractivity (Wildman–Crippen MR) is 72.0 cm³/mol. The molecule has 2 aromatic heterocycles. The molecule has 1 aromatic carbocycles. The normalized spacial score (nSPS) is 10.8. The van der Waals surface area contributed by atoms with Gasteiger partial charge in [0, 0.05) is 18.9 Å². The second-order valence-electron chi connectivity index (χ2n) is 4.41. The maximum atomic E-state index is 12.0. The Hall–Kier alpha value is -2.63. The van der Waals surface area contributed by atoms with Crippen LogP contribution in [0.4, 0.5) is 5.69 Å². The van der Waals surface area contributed by atoms with E-state index in [4.69, 9.17) is 0 Å². The van der Waals surface area contributed by atoms with Gasteiger partial charge in [-0.25, -0.2) is 4.98 Å². The van der Waals surface area contributed by atoms with Crippen LogP contribution in [0.25, 0.3) is 11.0 Å². The minimum absolute atomic E-state index is 0.177. The van der Waals surface area contributed by atoms with E-state index >= 15 is 0 Å². The monoisotopic (exact) mass is 255 g/mol. The number of rotatable bonds is 2.